The van der Waals surface area contributed by atoms with E-state index in [1.165, 1.54) is 19.3 Å². The molecule has 1 aromatic heterocycles. The molecule has 0 aliphatic carbocycles. The summed E-state index contributed by atoms with van der Waals surface area (Å²) in [7, 11) is 0. The second-order valence-corrected chi connectivity index (χ2v) is 6.22. The SMILES string of the molecule is CCn1ccnc1N1CCN(CC(=O)N2CCCCC2)CC1.Cl.Cl. The molecule has 8 heteroatoms. The van der Waals surface area contributed by atoms with Crippen LogP contribution in [0.25, 0.3) is 0 Å². The van der Waals surface area contributed by atoms with Crippen molar-refractivity contribution in [3.05, 3.63) is 12.4 Å². The summed E-state index contributed by atoms with van der Waals surface area (Å²) in [6.45, 7) is 9.35. The third kappa shape index (κ3) is 5.01. The average molecular weight is 378 g/mol. The summed E-state index contributed by atoms with van der Waals surface area (Å²) in [5.74, 6) is 1.37. The van der Waals surface area contributed by atoms with Crippen LogP contribution in [0.2, 0.25) is 0 Å². The number of hydrogen-bond acceptors (Lipinski definition) is 4. The zero-order valence-electron chi connectivity index (χ0n) is 14.4. The first kappa shape index (κ1) is 21.1. The number of imidazole rings is 1. The molecule has 24 heavy (non-hydrogen) atoms. The molecule has 0 aromatic carbocycles. The van der Waals surface area contributed by atoms with E-state index in [1.807, 2.05) is 17.3 Å². The molecule has 1 amide bonds. The van der Waals surface area contributed by atoms with Crippen molar-refractivity contribution in [2.75, 3.05) is 50.7 Å². The summed E-state index contributed by atoms with van der Waals surface area (Å²) in [4.78, 5) is 23.4. The molecule has 0 unspecified atom stereocenters. The van der Waals surface area contributed by atoms with Crippen LogP contribution >= 0.6 is 24.8 Å². The van der Waals surface area contributed by atoms with Crippen LogP contribution in [-0.4, -0.2) is 71.1 Å². The second kappa shape index (κ2) is 10.1. The average Bonchev–Trinajstić information content (AvgIpc) is 3.05. The van der Waals surface area contributed by atoms with E-state index in [4.69, 9.17) is 0 Å². The van der Waals surface area contributed by atoms with E-state index in [1.54, 1.807) is 0 Å². The van der Waals surface area contributed by atoms with Gasteiger partial charge in [0.2, 0.25) is 11.9 Å². The lowest BCUT2D eigenvalue weighted by molar-refractivity contribution is -0.133. The molecule has 2 aliphatic rings. The number of rotatable bonds is 4. The number of carbonyl (C=O) groups is 1. The standard InChI is InChI=1S/C16H27N5O.2ClH/c1-2-19-9-6-17-16(19)21-12-10-18(11-13-21)14-15(22)20-7-4-3-5-8-20;;/h6,9H,2-5,7-8,10-14H2,1H3;2*1H. The van der Waals surface area contributed by atoms with Gasteiger partial charge in [-0.25, -0.2) is 4.98 Å². The first-order chi connectivity index (χ1) is 10.8. The monoisotopic (exact) mass is 377 g/mol. The van der Waals surface area contributed by atoms with Gasteiger partial charge in [0.1, 0.15) is 0 Å². The molecule has 0 atom stereocenters. The number of nitrogens with zero attached hydrogens (tertiary/aromatic N) is 5. The third-order valence-electron chi connectivity index (χ3n) is 4.76. The van der Waals surface area contributed by atoms with Crippen molar-refractivity contribution in [2.45, 2.75) is 32.7 Å². The lowest BCUT2D eigenvalue weighted by Gasteiger charge is -2.36. The Morgan fingerprint density at radius 3 is 2.33 bits per heavy atom. The number of aromatic nitrogens is 2. The van der Waals surface area contributed by atoms with E-state index in [2.05, 4.69) is 26.3 Å². The van der Waals surface area contributed by atoms with Crippen molar-refractivity contribution in [3.8, 4) is 0 Å². The maximum Gasteiger partial charge on any atom is 0.236 e. The zero-order chi connectivity index (χ0) is 15.4. The minimum Gasteiger partial charge on any atom is -0.342 e. The van der Waals surface area contributed by atoms with Crippen molar-refractivity contribution in [2.24, 2.45) is 0 Å². The highest BCUT2D eigenvalue weighted by molar-refractivity contribution is 5.85. The molecule has 6 nitrogen and oxygen atoms in total. The van der Waals surface area contributed by atoms with Gasteiger partial charge in [-0.3, -0.25) is 9.69 Å². The van der Waals surface area contributed by atoms with Crippen LogP contribution in [0.15, 0.2) is 12.4 Å². The number of carbonyl (C=O) groups excluding carboxylic acids is 1. The quantitative estimate of drug-likeness (QED) is 0.803. The molecule has 0 radical (unpaired) electrons. The highest BCUT2D eigenvalue weighted by atomic mass is 35.5. The van der Waals surface area contributed by atoms with E-state index in [0.717, 1.165) is 51.8 Å². The lowest BCUT2D eigenvalue weighted by Crippen LogP contribution is -2.51. The van der Waals surface area contributed by atoms with E-state index < -0.39 is 0 Å². The molecule has 2 aliphatic heterocycles. The van der Waals surface area contributed by atoms with E-state index in [-0.39, 0.29) is 24.8 Å². The Morgan fingerprint density at radius 1 is 1.04 bits per heavy atom. The Labute approximate surface area is 157 Å². The summed E-state index contributed by atoms with van der Waals surface area (Å²) in [6, 6.07) is 0. The van der Waals surface area contributed by atoms with Gasteiger partial charge >= 0.3 is 0 Å². The Balaban J connectivity index is 0.00000144. The lowest BCUT2D eigenvalue weighted by atomic mass is 10.1. The van der Waals surface area contributed by atoms with Gasteiger partial charge in [0.25, 0.3) is 0 Å². The number of halogens is 2. The molecule has 0 N–H and O–H groups in total. The van der Waals surface area contributed by atoms with Crippen molar-refractivity contribution in [1.29, 1.82) is 0 Å². The maximum absolute atomic E-state index is 12.3. The molecule has 0 bridgehead atoms. The fraction of sp³-hybridized carbons (Fsp3) is 0.750. The van der Waals surface area contributed by atoms with Gasteiger partial charge in [0.05, 0.1) is 6.54 Å². The fourth-order valence-electron chi connectivity index (χ4n) is 3.37. The molecule has 1 aromatic rings. The Bertz CT molecular complexity index is 496. The predicted molar refractivity (Wildman–Crippen MR) is 101 cm³/mol. The van der Waals surface area contributed by atoms with Crippen molar-refractivity contribution >= 4 is 36.7 Å². The van der Waals surface area contributed by atoms with E-state index in [9.17, 15) is 4.79 Å². The number of likely N-dealkylation sites (tertiary alicyclic amines) is 1. The van der Waals surface area contributed by atoms with Crippen LogP contribution in [0, 0.1) is 0 Å². The Morgan fingerprint density at radius 2 is 1.71 bits per heavy atom. The molecule has 2 fully saturated rings. The highest BCUT2D eigenvalue weighted by Gasteiger charge is 2.24. The van der Waals surface area contributed by atoms with Crippen molar-refractivity contribution in [3.63, 3.8) is 0 Å². The van der Waals surface area contributed by atoms with Gasteiger partial charge in [0, 0.05) is 58.2 Å². The van der Waals surface area contributed by atoms with Crippen molar-refractivity contribution in [1.82, 2.24) is 19.4 Å². The van der Waals surface area contributed by atoms with Gasteiger partial charge in [0.15, 0.2) is 0 Å². The summed E-state index contributed by atoms with van der Waals surface area (Å²) in [5, 5.41) is 0. The van der Waals surface area contributed by atoms with Gasteiger partial charge in [-0.05, 0) is 26.2 Å². The Hall–Kier alpha value is -0.980. The van der Waals surface area contributed by atoms with Crippen LogP contribution < -0.4 is 4.90 Å². The number of amides is 1. The van der Waals surface area contributed by atoms with Gasteiger partial charge in [-0.15, -0.1) is 24.8 Å². The molecule has 0 saturated carbocycles. The van der Waals surface area contributed by atoms with Gasteiger partial charge < -0.3 is 14.4 Å². The van der Waals surface area contributed by atoms with Crippen LogP contribution in [0.1, 0.15) is 26.2 Å². The minimum absolute atomic E-state index is 0. The molecule has 3 heterocycles. The molecule has 138 valence electrons. The van der Waals surface area contributed by atoms with E-state index >= 15 is 0 Å². The smallest absolute Gasteiger partial charge is 0.236 e. The number of piperazine rings is 1. The second-order valence-electron chi connectivity index (χ2n) is 6.22. The summed E-state index contributed by atoms with van der Waals surface area (Å²) in [5.41, 5.74) is 0. The number of anilines is 1. The maximum atomic E-state index is 12.3. The van der Waals surface area contributed by atoms with Crippen LogP contribution in [0.3, 0.4) is 0 Å². The molecule has 2 saturated heterocycles. The van der Waals surface area contributed by atoms with Gasteiger partial charge in [-0.2, -0.15) is 0 Å². The summed E-state index contributed by atoms with van der Waals surface area (Å²) in [6.07, 6.45) is 7.50. The van der Waals surface area contributed by atoms with Crippen molar-refractivity contribution < 1.29 is 4.79 Å². The third-order valence-corrected chi connectivity index (χ3v) is 4.76. The Kier molecular flexibility index (Phi) is 8.87. The summed E-state index contributed by atoms with van der Waals surface area (Å²) < 4.78 is 2.18. The highest BCUT2D eigenvalue weighted by Crippen LogP contribution is 2.15. The largest absolute Gasteiger partial charge is 0.342 e. The van der Waals surface area contributed by atoms with Gasteiger partial charge in [-0.1, -0.05) is 0 Å². The fourth-order valence-corrected chi connectivity index (χ4v) is 3.37. The van der Waals surface area contributed by atoms with Crippen LogP contribution in [0.5, 0.6) is 0 Å². The zero-order valence-corrected chi connectivity index (χ0v) is 16.0. The molecular weight excluding hydrogens is 349 g/mol. The first-order valence-corrected chi connectivity index (χ1v) is 8.54. The number of piperidine rings is 1. The topological polar surface area (TPSA) is 44.6 Å². The molecule has 0 spiro atoms. The normalized spacial score (nSPS) is 18.7. The number of hydrogen-bond donors (Lipinski definition) is 0. The molecular formula is C16H29Cl2N5O. The minimum atomic E-state index is 0. The predicted octanol–water partition coefficient (Wildman–Crippen LogP) is 1.88. The van der Waals surface area contributed by atoms with E-state index in [0.29, 0.717) is 12.5 Å². The molecule has 3 rings (SSSR count). The van der Waals surface area contributed by atoms with Crippen LogP contribution in [0.4, 0.5) is 5.95 Å². The summed E-state index contributed by atoms with van der Waals surface area (Å²) >= 11 is 0. The first-order valence-electron chi connectivity index (χ1n) is 8.54. The van der Waals surface area contributed by atoms with Crippen LogP contribution in [-0.2, 0) is 11.3 Å². The number of aryl methyl sites for hydroxylation is 1.